The molecule has 0 bridgehead atoms. The Morgan fingerprint density at radius 1 is 1.69 bits per heavy atom. The van der Waals surface area contributed by atoms with E-state index in [4.69, 9.17) is 5.11 Å². The molecule has 0 spiro atoms. The Morgan fingerprint density at radius 3 is 2.81 bits per heavy atom. The predicted octanol–water partition coefficient (Wildman–Crippen LogP) is 2.65. The molecule has 0 amide bonds. The van der Waals surface area contributed by atoms with Crippen LogP contribution in [0.15, 0.2) is 24.4 Å². The lowest BCUT2D eigenvalue weighted by molar-refractivity contribution is -0.131. The summed E-state index contributed by atoms with van der Waals surface area (Å²) >= 11 is 0. The Labute approximate surface area is 97.4 Å². The molecule has 1 unspecified atom stereocenters. The zero-order valence-electron chi connectivity index (χ0n) is 10.1. The molecular formula is C13H21NO2. The van der Waals surface area contributed by atoms with Crippen LogP contribution in [0.1, 0.15) is 33.1 Å². The van der Waals surface area contributed by atoms with Crippen LogP contribution in [0.25, 0.3) is 0 Å². The number of carboxylic acid groups (broad SMARTS) is 1. The van der Waals surface area contributed by atoms with Crippen LogP contribution in [0.4, 0.5) is 0 Å². The van der Waals surface area contributed by atoms with Gasteiger partial charge in [0.15, 0.2) is 0 Å². The van der Waals surface area contributed by atoms with Crippen molar-refractivity contribution in [3.05, 3.63) is 24.4 Å². The van der Waals surface area contributed by atoms with Crippen molar-refractivity contribution in [2.45, 2.75) is 39.2 Å². The summed E-state index contributed by atoms with van der Waals surface area (Å²) in [6, 6.07) is 0.461. The smallest absolute Gasteiger partial charge is 0.330 e. The Balaban J connectivity index is 2.78. The van der Waals surface area contributed by atoms with Crippen molar-refractivity contribution in [3.63, 3.8) is 0 Å². The standard InChI is InChI=1S/C13H21NO2/c1-4-10(2)8-12(9-13(15)16)14-7-5-6-11(14)3/h4,9-11H,1,5-8H2,2-3H3,(H,15,16)/b12-9-/t10-,11?/m1/s1. The zero-order chi connectivity index (χ0) is 12.1. The first kappa shape index (κ1) is 12.8. The normalized spacial score (nSPS) is 23.2. The minimum absolute atomic E-state index is 0.318. The quantitative estimate of drug-likeness (QED) is 0.575. The molecule has 0 aromatic heterocycles. The fourth-order valence-corrected chi connectivity index (χ4v) is 2.17. The third-order valence-corrected chi connectivity index (χ3v) is 3.15. The van der Waals surface area contributed by atoms with E-state index in [2.05, 4.69) is 25.3 Å². The average molecular weight is 223 g/mol. The van der Waals surface area contributed by atoms with Gasteiger partial charge in [0.2, 0.25) is 0 Å². The second-order valence-corrected chi connectivity index (χ2v) is 4.58. The number of hydrogen-bond donors (Lipinski definition) is 1. The van der Waals surface area contributed by atoms with E-state index in [0.29, 0.717) is 12.0 Å². The molecule has 0 aromatic carbocycles. The van der Waals surface area contributed by atoms with Crippen LogP contribution in [0, 0.1) is 5.92 Å². The molecule has 3 heteroatoms. The van der Waals surface area contributed by atoms with Crippen molar-refractivity contribution in [1.82, 2.24) is 4.90 Å². The summed E-state index contributed by atoms with van der Waals surface area (Å²) in [6.45, 7) is 8.93. The number of nitrogens with zero attached hydrogens (tertiary/aromatic N) is 1. The van der Waals surface area contributed by atoms with E-state index < -0.39 is 5.97 Å². The molecule has 1 rings (SSSR count). The first-order chi connectivity index (χ1) is 7.54. The summed E-state index contributed by atoms with van der Waals surface area (Å²) in [5, 5.41) is 8.89. The molecule has 1 fully saturated rings. The monoisotopic (exact) mass is 223 g/mol. The summed E-state index contributed by atoms with van der Waals surface area (Å²) in [4.78, 5) is 13.0. The topological polar surface area (TPSA) is 40.5 Å². The molecule has 1 aliphatic heterocycles. The van der Waals surface area contributed by atoms with Gasteiger partial charge in [0, 0.05) is 24.4 Å². The van der Waals surface area contributed by atoms with Crippen LogP contribution in [0.5, 0.6) is 0 Å². The molecule has 1 saturated heterocycles. The molecule has 0 saturated carbocycles. The Kier molecular flexibility index (Phi) is 4.59. The summed E-state index contributed by atoms with van der Waals surface area (Å²) in [7, 11) is 0. The summed E-state index contributed by atoms with van der Waals surface area (Å²) in [6.07, 6.45) is 6.29. The van der Waals surface area contributed by atoms with Gasteiger partial charge in [0.1, 0.15) is 0 Å². The number of allylic oxidation sites excluding steroid dienone is 2. The molecule has 3 nitrogen and oxygen atoms in total. The number of aliphatic carboxylic acids is 1. The van der Waals surface area contributed by atoms with E-state index in [9.17, 15) is 4.79 Å². The van der Waals surface area contributed by atoms with Crippen molar-refractivity contribution in [3.8, 4) is 0 Å². The summed E-state index contributed by atoms with van der Waals surface area (Å²) in [5.74, 6) is -0.538. The maximum Gasteiger partial charge on any atom is 0.330 e. The second-order valence-electron chi connectivity index (χ2n) is 4.58. The van der Waals surface area contributed by atoms with Crippen molar-refractivity contribution < 1.29 is 9.90 Å². The van der Waals surface area contributed by atoms with E-state index in [-0.39, 0.29) is 0 Å². The highest BCUT2D eigenvalue weighted by Gasteiger charge is 2.23. The van der Waals surface area contributed by atoms with Crippen LogP contribution in [0.3, 0.4) is 0 Å². The summed E-state index contributed by atoms with van der Waals surface area (Å²) < 4.78 is 0. The SMILES string of the molecule is C=C[C@@H](C)C/C(=C/C(=O)O)N1CCCC1C. The van der Waals surface area contributed by atoms with E-state index in [1.165, 1.54) is 6.08 Å². The number of likely N-dealkylation sites (tertiary alicyclic amines) is 1. The van der Waals surface area contributed by atoms with Crippen LogP contribution in [-0.4, -0.2) is 28.6 Å². The van der Waals surface area contributed by atoms with E-state index >= 15 is 0 Å². The average Bonchev–Trinajstić information content (AvgIpc) is 2.62. The van der Waals surface area contributed by atoms with Gasteiger partial charge >= 0.3 is 5.97 Å². The third kappa shape index (κ3) is 3.40. The fourth-order valence-electron chi connectivity index (χ4n) is 2.17. The van der Waals surface area contributed by atoms with Crippen LogP contribution in [0.2, 0.25) is 0 Å². The Hall–Kier alpha value is -1.25. The van der Waals surface area contributed by atoms with Crippen LogP contribution >= 0.6 is 0 Å². The van der Waals surface area contributed by atoms with Gasteiger partial charge in [-0.3, -0.25) is 0 Å². The number of rotatable bonds is 5. The highest BCUT2D eigenvalue weighted by atomic mass is 16.4. The number of carbonyl (C=O) groups is 1. The van der Waals surface area contributed by atoms with Crippen LogP contribution in [-0.2, 0) is 4.79 Å². The second kappa shape index (κ2) is 5.73. The molecule has 0 aromatic rings. The van der Waals surface area contributed by atoms with Gasteiger partial charge in [-0.25, -0.2) is 4.79 Å². The number of carboxylic acids is 1. The van der Waals surface area contributed by atoms with E-state index in [1.807, 2.05) is 6.08 Å². The molecule has 90 valence electrons. The third-order valence-electron chi connectivity index (χ3n) is 3.15. The van der Waals surface area contributed by atoms with E-state index in [1.54, 1.807) is 0 Å². The molecule has 1 heterocycles. The Morgan fingerprint density at radius 2 is 2.38 bits per heavy atom. The van der Waals surface area contributed by atoms with Crippen molar-refractivity contribution in [2.75, 3.05) is 6.54 Å². The molecule has 0 aliphatic carbocycles. The maximum absolute atomic E-state index is 10.8. The zero-order valence-corrected chi connectivity index (χ0v) is 10.1. The van der Waals surface area contributed by atoms with Gasteiger partial charge in [-0.1, -0.05) is 13.0 Å². The van der Waals surface area contributed by atoms with Crippen molar-refractivity contribution in [2.24, 2.45) is 5.92 Å². The first-order valence-electron chi connectivity index (χ1n) is 5.87. The lowest BCUT2D eigenvalue weighted by atomic mass is 10.0. The van der Waals surface area contributed by atoms with Gasteiger partial charge in [0.05, 0.1) is 0 Å². The van der Waals surface area contributed by atoms with Gasteiger partial charge < -0.3 is 10.0 Å². The van der Waals surface area contributed by atoms with Crippen LogP contribution < -0.4 is 0 Å². The fraction of sp³-hybridized carbons (Fsp3) is 0.615. The van der Waals surface area contributed by atoms with Gasteiger partial charge in [-0.05, 0) is 32.1 Å². The predicted molar refractivity (Wildman–Crippen MR) is 65.1 cm³/mol. The van der Waals surface area contributed by atoms with Crippen molar-refractivity contribution >= 4 is 5.97 Å². The van der Waals surface area contributed by atoms with E-state index in [0.717, 1.165) is 31.5 Å². The lowest BCUT2D eigenvalue weighted by Gasteiger charge is -2.27. The minimum Gasteiger partial charge on any atom is -0.478 e. The molecular weight excluding hydrogens is 202 g/mol. The number of hydrogen-bond acceptors (Lipinski definition) is 2. The largest absolute Gasteiger partial charge is 0.478 e. The molecule has 1 N–H and O–H groups in total. The first-order valence-corrected chi connectivity index (χ1v) is 5.87. The molecule has 16 heavy (non-hydrogen) atoms. The maximum atomic E-state index is 10.8. The minimum atomic E-state index is -0.856. The van der Waals surface area contributed by atoms with Gasteiger partial charge in [0.25, 0.3) is 0 Å². The highest BCUT2D eigenvalue weighted by Crippen LogP contribution is 2.26. The lowest BCUT2D eigenvalue weighted by Crippen LogP contribution is -2.27. The summed E-state index contributed by atoms with van der Waals surface area (Å²) in [5.41, 5.74) is 0.935. The van der Waals surface area contributed by atoms with Gasteiger partial charge in [-0.2, -0.15) is 0 Å². The van der Waals surface area contributed by atoms with Gasteiger partial charge in [-0.15, -0.1) is 6.58 Å². The molecule has 1 aliphatic rings. The Bertz CT molecular complexity index is 296. The molecule has 0 radical (unpaired) electrons. The van der Waals surface area contributed by atoms with Crippen molar-refractivity contribution in [1.29, 1.82) is 0 Å². The molecule has 2 atom stereocenters. The highest BCUT2D eigenvalue weighted by molar-refractivity contribution is 5.80.